The first-order valence-electron chi connectivity index (χ1n) is 45.1. The topological polar surface area (TPSA) is 24.9 Å². The third kappa shape index (κ3) is 14.0. The summed E-state index contributed by atoms with van der Waals surface area (Å²) in [4.78, 5) is 5.03. The van der Waals surface area contributed by atoms with Crippen molar-refractivity contribution in [3.63, 3.8) is 0 Å². The SMILES string of the molecule is C=Cc1ccc(OCCCCCCC2(c3ccccc3)c3ccccc3-c3ccc(N(c4ccc(-c5ccccc5)cc4)c4ccc(-c5ccc6c(c5)C5(c7ccccc7-6)c6ccccc6-c6ccc(N(c7ccc(-c8ccccc8)cc7)c7ccc8c(c7)C(CCCCCCOc7ccc(CC)cc7)(c7ccccc7)c7ccccc7-8)cc65)cc4)cc32)cc1. The highest BCUT2D eigenvalue weighted by Crippen LogP contribution is 2.65. The van der Waals surface area contributed by atoms with Crippen LogP contribution in [0.25, 0.3) is 84.0 Å². The van der Waals surface area contributed by atoms with Crippen LogP contribution in [0.3, 0.4) is 0 Å². The highest BCUT2D eigenvalue weighted by atomic mass is 16.5. The number of benzene rings is 17. The number of anilines is 6. The normalized spacial score (nSPS) is 15.6. The molecule has 3 unspecified atom stereocenters. The van der Waals surface area contributed by atoms with Crippen LogP contribution in [0.15, 0.2) is 419 Å². The van der Waals surface area contributed by atoms with Gasteiger partial charge in [-0.1, -0.05) is 367 Å². The van der Waals surface area contributed by atoms with Gasteiger partial charge in [0.25, 0.3) is 0 Å². The van der Waals surface area contributed by atoms with Crippen LogP contribution in [0.5, 0.6) is 11.5 Å². The summed E-state index contributed by atoms with van der Waals surface area (Å²) in [5, 5.41) is 0. The summed E-state index contributed by atoms with van der Waals surface area (Å²) < 4.78 is 12.6. The van der Waals surface area contributed by atoms with Crippen LogP contribution in [-0.2, 0) is 22.7 Å². The Morgan fingerprint density at radius 3 is 0.976 bits per heavy atom. The summed E-state index contributed by atoms with van der Waals surface area (Å²) in [5.41, 5.74) is 38.2. The molecule has 17 aromatic carbocycles. The van der Waals surface area contributed by atoms with Gasteiger partial charge in [-0.05, 0) is 280 Å². The van der Waals surface area contributed by atoms with Gasteiger partial charge in [0.15, 0.2) is 0 Å². The minimum atomic E-state index is -0.666. The van der Waals surface area contributed by atoms with Gasteiger partial charge in [0.2, 0.25) is 0 Å². The summed E-state index contributed by atoms with van der Waals surface area (Å²) in [7, 11) is 0. The average Bonchev–Trinajstić information content (AvgIpc) is 1.50. The average molecular weight is 1610 g/mol. The van der Waals surface area contributed by atoms with Crippen LogP contribution < -0.4 is 19.3 Å². The molecule has 4 aliphatic carbocycles. The van der Waals surface area contributed by atoms with Gasteiger partial charge in [0.1, 0.15) is 11.5 Å². The first kappa shape index (κ1) is 78.0. The Kier molecular flexibility index (Phi) is 21.1. The number of hydrogen-bond acceptors (Lipinski definition) is 4. The first-order valence-corrected chi connectivity index (χ1v) is 45.1. The minimum absolute atomic E-state index is 0.382. The molecule has 0 saturated carbocycles. The Morgan fingerprint density at radius 2 is 0.552 bits per heavy atom. The van der Waals surface area contributed by atoms with Gasteiger partial charge in [-0.15, -0.1) is 0 Å². The molecule has 4 aliphatic rings. The van der Waals surface area contributed by atoms with Crippen LogP contribution in [-0.4, -0.2) is 13.2 Å². The lowest BCUT2D eigenvalue weighted by Crippen LogP contribution is -2.27. The fourth-order valence-electron chi connectivity index (χ4n) is 21.5. The highest BCUT2D eigenvalue weighted by Gasteiger charge is 2.53. The Balaban J connectivity index is 0.654. The van der Waals surface area contributed by atoms with Crippen LogP contribution in [0.4, 0.5) is 34.1 Å². The lowest BCUT2D eigenvalue weighted by Gasteiger charge is -2.35. The second-order valence-corrected chi connectivity index (χ2v) is 34.3. The summed E-state index contributed by atoms with van der Waals surface area (Å²) in [5.74, 6) is 1.86. The molecule has 21 rings (SSSR count). The second kappa shape index (κ2) is 33.8. The molecule has 0 aliphatic heterocycles. The molecule has 1 spiro atoms. The smallest absolute Gasteiger partial charge is 0.119 e. The summed E-state index contributed by atoms with van der Waals surface area (Å²) in [6.07, 6.45) is 13.3. The maximum Gasteiger partial charge on any atom is 0.119 e. The fourth-order valence-corrected chi connectivity index (χ4v) is 21.5. The summed E-state index contributed by atoms with van der Waals surface area (Å²) in [6, 6.07) is 155. The molecule has 0 saturated heterocycles. The van der Waals surface area contributed by atoms with Gasteiger partial charge < -0.3 is 19.3 Å². The molecular weight excluding hydrogens is 1510 g/mol. The third-order valence-corrected chi connectivity index (χ3v) is 27.5. The number of ether oxygens (including phenoxy) is 2. The maximum atomic E-state index is 6.31. The molecule has 3 atom stereocenters. The number of unbranched alkanes of at least 4 members (excludes halogenated alkanes) is 6. The summed E-state index contributed by atoms with van der Waals surface area (Å²) in [6.45, 7) is 7.53. The molecule has 4 nitrogen and oxygen atoms in total. The molecule has 606 valence electrons. The minimum Gasteiger partial charge on any atom is -0.494 e. The van der Waals surface area contributed by atoms with E-state index in [1.54, 1.807) is 0 Å². The Morgan fingerprint density at radius 1 is 0.248 bits per heavy atom. The van der Waals surface area contributed by atoms with Crippen molar-refractivity contribution < 1.29 is 9.47 Å². The number of hydrogen-bond donors (Lipinski definition) is 0. The van der Waals surface area contributed by atoms with Crippen molar-refractivity contribution >= 4 is 40.2 Å². The number of nitrogens with zero attached hydrogens (tertiary/aromatic N) is 2. The van der Waals surface area contributed by atoms with Crippen LogP contribution in [0, 0.1) is 0 Å². The Hall–Kier alpha value is -14.3. The lowest BCUT2D eigenvalue weighted by atomic mass is 9.69. The number of aryl methyl sites for hydroxylation is 1. The van der Waals surface area contributed by atoms with Crippen LogP contribution in [0.1, 0.15) is 138 Å². The van der Waals surface area contributed by atoms with Gasteiger partial charge in [-0.25, -0.2) is 0 Å². The number of rotatable bonds is 29. The molecule has 0 heterocycles. The molecule has 0 radical (unpaired) electrons. The molecule has 17 aromatic rings. The first-order chi connectivity index (χ1) is 61.9. The quantitative estimate of drug-likeness (QED) is 0.0436. The summed E-state index contributed by atoms with van der Waals surface area (Å²) >= 11 is 0. The van der Waals surface area contributed by atoms with E-state index in [0.717, 1.165) is 127 Å². The molecular formula is C121H100N2O2. The van der Waals surface area contributed by atoms with E-state index in [-0.39, 0.29) is 5.41 Å². The zero-order valence-corrected chi connectivity index (χ0v) is 70.9. The molecule has 0 amide bonds. The monoisotopic (exact) mass is 1610 g/mol. The predicted octanol–water partition coefficient (Wildman–Crippen LogP) is 31.9. The zero-order valence-electron chi connectivity index (χ0n) is 70.9. The molecule has 0 fully saturated rings. The second-order valence-electron chi connectivity index (χ2n) is 34.3. The maximum absolute atomic E-state index is 6.31. The van der Waals surface area contributed by atoms with E-state index < -0.39 is 10.8 Å². The van der Waals surface area contributed by atoms with Crippen molar-refractivity contribution in [2.24, 2.45) is 0 Å². The van der Waals surface area contributed by atoms with Gasteiger partial charge >= 0.3 is 0 Å². The predicted molar refractivity (Wildman–Crippen MR) is 521 cm³/mol. The van der Waals surface area contributed by atoms with Gasteiger partial charge in [0, 0.05) is 45.0 Å². The Bertz CT molecular complexity index is 6750. The zero-order chi connectivity index (χ0) is 83.7. The van der Waals surface area contributed by atoms with Crippen molar-refractivity contribution in [3.05, 3.63) is 486 Å². The largest absolute Gasteiger partial charge is 0.494 e. The molecule has 125 heavy (non-hydrogen) atoms. The van der Waals surface area contributed by atoms with Crippen molar-refractivity contribution in [3.8, 4) is 89.4 Å². The van der Waals surface area contributed by atoms with Gasteiger partial charge in [0.05, 0.1) is 18.6 Å². The van der Waals surface area contributed by atoms with Crippen molar-refractivity contribution in [1.29, 1.82) is 0 Å². The molecule has 0 aromatic heterocycles. The molecule has 4 heteroatoms. The van der Waals surface area contributed by atoms with E-state index in [4.69, 9.17) is 9.47 Å². The van der Waals surface area contributed by atoms with Gasteiger partial charge in [-0.3, -0.25) is 0 Å². The van der Waals surface area contributed by atoms with E-state index in [0.29, 0.717) is 13.2 Å². The van der Waals surface area contributed by atoms with Crippen molar-refractivity contribution in [1.82, 2.24) is 0 Å². The van der Waals surface area contributed by atoms with Crippen LogP contribution in [0.2, 0.25) is 0 Å². The molecule has 0 bridgehead atoms. The number of fused-ring (bicyclic) bond motifs is 16. The van der Waals surface area contributed by atoms with Gasteiger partial charge in [-0.2, -0.15) is 0 Å². The Labute approximate surface area is 736 Å². The van der Waals surface area contributed by atoms with E-state index in [1.807, 2.05) is 18.2 Å². The third-order valence-electron chi connectivity index (χ3n) is 27.5. The lowest BCUT2D eigenvalue weighted by molar-refractivity contribution is 0.303. The van der Waals surface area contributed by atoms with E-state index >= 15 is 0 Å². The fraction of sp³-hybridized carbons (Fsp3) is 0.140. The highest BCUT2D eigenvalue weighted by molar-refractivity contribution is 5.99. The van der Waals surface area contributed by atoms with E-state index in [9.17, 15) is 0 Å². The van der Waals surface area contributed by atoms with Crippen molar-refractivity contribution in [2.75, 3.05) is 23.0 Å². The standard InChI is InChI=1S/C121H100N2O2/c1-3-85-49-69-101(70-50-85)124-79-31-7-5-29-77-119(93-37-17-11-18-38-93)111-45-25-21-41-103(111)107-74-66-98(82-115(107)119)122(95-60-53-89(54-61-95)87-33-13-9-14-34-87)96-64-57-91(58-65-96)92-59-73-109-105-43-23-27-47-113(105)121(117(109)81-92)114-48-28-24-44-106(114)110-76-68-100(84-118(110)121)123(97-62-55-90(56-63-97)88-35-15-10-16-36-88)99-67-75-108-104-42-22-26-46-112(104)120(116(108)83-99,94-39-19-12-20-40-94)78-30-6-8-32-80-125-102-71-51-86(4-2)52-72-102/h3,9-28,33-76,81-84H,1,4-8,29-32,77-80H2,2H3. The van der Waals surface area contributed by atoms with Crippen molar-refractivity contribution in [2.45, 2.75) is 93.8 Å². The molecule has 0 N–H and O–H groups in total. The van der Waals surface area contributed by atoms with E-state index in [2.05, 4.69) is 424 Å². The van der Waals surface area contributed by atoms with Crippen LogP contribution >= 0.6 is 0 Å². The van der Waals surface area contributed by atoms with E-state index in [1.165, 1.54) is 134 Å².